The highest BCUT2D eigenvalue weighted by atomic mass is 32.2. The van der Waals surface area contributed by atoms with E-state index in [4.69, 9.17) is 0 Å². The smallest absolute Gasteiger partial charge is 0.451 e. The highest BCUT2D eigenvalue weighted by molar-refractivity contribution is 7.92. The van der Waals surface area contributed by atoms with Gasteiger partial charge in [0.25, 0.3) is 21.5 Å². The molecule has 13 heteroatoms. The summed E-state index contributed by atoms with van der Waals surface area (Å²) in [5.74, 6) is -7.77. The minimum atomic E-state index is -5.39. The Balaban J connectivity index is 2.55. The summed E-state index contributed by atoms with van der Waals surface area (Å²) < 4.78 is 66.7. The second-order valence-corrected chi connectivity index (χ2v) is 9.12. The number of phenols is 1. The zero-order chi connectivity index (χ0) is 25.3. The summed E-state index contributed by atoms with van der Waals surface area (Å²) in [6.45, 7) is 3.94. The van der Waals surface area contributed by atoms with Gasteiger partial charge in [0.1, 0.15) is 11.7 Å². The number of benzene rings is 2. The maximum absolute atomic E-state index is 13.1. The number of sulfonamides is 1. The Morgan fingerprint density at radius 3 is 2.24 bits per heavy atom. The summed E-state index contributed by atoms with van der Waals surface area (Å²) in [7, 11) is -4.45. The van der Waals surface area contributed by atoms with Gasteiger partial charge in [0, 0.05) is 28.8 Å². The van der Waals surface area contributed by atoms with Gasteiger partial charge >= 0.3 is 6.18 Å². The van der Waals surface area contributed by atoms with E-state index in [2.05, 4.69) is 0 Å². The maximum Gasteiger partial charge on any atom is 0.451 e. The van der Waals surface area contributed by atoms with E-state index >= 15 is 0 Å². The van der Waals surface area contributed by atoms with E-state index in [0.717, 1.165) is 30.3 Å². The van der Waals surface area contributed by atoms with Gasteiger partial charge in [0.15, 0.2) is 5.78 Å². The third-order valence-electron chi connectivity index (χ3n) is 4.67. The molecule has 1 unspecified atom stereocenters. The lowest BCUT2D eigenvalue weighted by molar-refractivity contribution is -0.385. The van der Waals surface area contributed by atoms with E-state index < -0.39 is 66.4 Å². The third kappa shape index (κ3) is 5.66. The number of carbonyl (C=O) groups excluding carboxylic acids is 2. The minimum Gasteiger partial charge on any atom is -0.508 e. The van der Waals surface area contributed by atoms with E-state index in [1.165, 1.54) is 26.8 Å². The van der Waals surface area contributed by atoms with Crippen molar-refractivity contribution >= 4 is 33.0 Å². The van der Waals surface area contributed by atoms with E-state index in [9.17, 15) is 46.4 Å². The first-order valence-electron chi connectivity index (χ1n) is 9.31. The number of ketones is 2. The molecule has 0 bridgehead atoms. The molecule has 9 nitrogen and oxygen atoms in total. The van der Waals surface area contributed by atoms with Crippen LogP contribution in [0.5, 0.6) is 5.75 Å². The molecule has 178 valence electrons. The lowest BCUT2D eigenvalue weighted by atomic mass is 9.84. The molecule has 2 aromatic carbocycles. The molecule has 0 aromatic heterocycles. The van der Waals surface area contributed by atoms with Crippen LogP contribution in [-0.2, 0) is 19.6 Å². The number of rotatable bonds is 8. The van der Waals surface area contributed by atoms with Gasteiger partial charge in [0.2, 0.25) is 0 Å². The number of nitrogens with zero attached hydrogens (tertiary/aromatic N) is 1. The zero-order valence-corrected chi connectivity index (χ0v) is 18.3. The molecule has 0 aliphatic rings. The number of nitro benzene ring substituents is 1. The molecule has 0 aliphatic carbocycles. The number of aromatic hydroxyl groups is 1. The lowest BCUT2D eigenvalue weighted by Gasteiger charge is -2.20. The van der Waals surface area contributed by atoms with Crippen molar-refractivity contribution in [1.29, 1.82) is 0 Å². The van der Waals surface area contributed by atoms with Crippen molar-refractivity contribution in [2.45, 2.75) is 37.8 Å². The molecule has 0 saturated carbocycles. The fraction of sp³-hybridized carbons (Fsp3) is 0.300. The van der Waals surface area contributed by atoms with Crippen molar-refractivity contribution in [1.82, 2.24) is 0 Å². The van der Waals surface area contributed by atoms with E-state index in [0.29, 0.717) is 0 Å². The lowest BCUT2D eigenvalue weighted by Crippen LogP contribution is -2.35. The van der Waals surface area contributed by atoms with Crippen LogP contribution in [0.25, 0.3) is 0 Å². The summed E-state index contributed by atoms with van der Waals surface area (Å²) in [4.78, 5) is 34.2. The average molecular weight is 488 g/mol. The SMILES string of the molecule is Cc1ccc(S(=O)(=O)Nc2ccc(O)c(C(C(=O)C(C)C)C(=O)C(F)(F)F)c2)cc1[N+](=O)[O-]. The minimum absolute atomic E-state index is 0.201. The fourth-order valence-electron chi connectivity index (χ4n) is 2.94. The van der Waals surface area contributed by atoms with Crippen LogP contribution in [0.3, 0.4) is 0 Å². The van der Waals surface area contributed by atoms with Crippen molar-refractivity contribution in [3.8, 4) is 5.75 Å². The highest BCUT2D eigenvalue weighted by Crippen LogP contribution is 2.36. The molecule has 0 amide bonds. The molecule has 2 N–H and O–H groups in total. The highest BCUT2D eigenvalue weighted by Gasteiger charge is 2.48. The van der Waals surface area contributed by atoms with Crippen LogP contribution in [0.4, 0.5) is 24.5 Å². The van der Waals surface area contributed by atoms with Crippen LogP contribution in [0.2, 0.25) is 0 Å². The monoisotopic (exact) mass is 488 g/mol. The van der Waals surface area contributed by atoms with Gasteiger partial charge < -0.3 is 5.11 Å². The van der Waals surface area contributed by atoms with E-state index in [-0.39, 0.29) is 11.3 Å². The van der Waals surface area contributed by atoms with Gasteiger partial charge in [0.05, 0.1) is 9.82 Å². The predicted molar refractivity (Wildman–Crippen MR) is 110 cm³/mol. The Morgan fingerprint density at radius 1 is 1.12 bits per heavy atom. The second-order valence-electron chi connectivity index (χ2n) is 7.44. The number of nitrogens with one attached hydrogen (secondary N) is 1. The Morgan fingerprint density at radius 2 is 1.73 bits per heavy atom. The van der Waals surface area contributed by atoms with Gasteiger partial charge in [-0.05, 0) is 31.2 Å². The molecule has 0 heterocycles. The van der Waals surface area contributed by atoms with Crippen LogP contribution in [-0.4, -0.2) is 36.2 Å². The largest absolute Gasteiger partial charge is 0.508 e. The molecule has 2 rings (SSSR count). The number of phenolic OH excluding ortho intramolecular Hbond substituents is 1. The normalized spacial score (nSPS) is 12.9. The second kappa shape index (κ2) is 9.17. The van der Waals surface area contributed by atoms with Crippen molar-refractivity contribution in [3.05, 3.63) is 57.6 Å². The molecule has 2 aromatic rings. The van der Waals surface area contributed by atoms with Gasteiger partial charge in [-0.15, -0.1) is 0 Å². The number of halogens is 3. The van der Waals surface area contributed by atoms with E-state index in [1.807, 2.05) is 4.72 Å². The molecule has 33 heavy (non-hydrogen) atoms. The number of nitro groups is 1. The molecular weight excluding hydrogens is 469 g/mol. The average Bonchev–Trinajstić information content (AvgIpc) is 2.69. The molecule has 0 saturated heterocycles. The Labute approximate surface area is 186 Å². The van der Waals surface area contributed by atoms with Gasteiger partial charge in [-0.2, -0.15) is 13.2 Å². The van der Waals surface area contributed by atoms with Crippen LogP contribution < -0.4 is 4.72 Å². The van der Waals surface area contributed by atoms with Crippen molar-refractivity contribution in [2.24, 2.45) is 5.92 Å². The number of carbonyl (C=O) groups is 2. The van der Waals surface area contributed by atoms with Gasteiger partial charge in [-0.3, -0.25) is 24.4 Å². The fourth-order valence-corrected chi connectivity index (χ4v) is 4.01. The first kappa shape index (κ1) is 25.8. The molecule has 0 aliphatic heterocycles. The Kier molecular flexibility index (Phi) is 7.17. The number of anilines is 1. The van der Waals surface area contributed by atoms with Crippen molar-refractivity contribution in [2.75, 3.05) is 4.72 Å². The van der Waals surface area contributed by atoms with Crippen molar-refractivity contribution in [3.63, 3.8) is 0 Å². The number of hydrogen-bond acceptors (Lipinski definition) is 7. The van der Waals surface area contributed by atoms with Gasteiger partial charge in [-0.1, -0.05) is 19.9 Å². The molecule has 0 fully saturated rings. The van der Waals surface area contributed by atoms with Gasteiger partial charge in [-0.25, -0.2) is 8.42 Å². The van der Waals surface area contributed by atoms with Crippen molar-refractivity contribution < 1.29 is 41.2 Å². The maximum atomic E-state index is 13.1. The third-order valence-corrected chi connectivity index (χ3v) is 6.05. The first-order chi connectivity index (χ1) is 15.1. The first-order valence-corrected chi connectivity index (χ1v) is 10.8. The molecule has 1 atom stereocenters. The van der Waals surface area contributed by atoms with Crippen LogP contribution in [0, 0.1) is 23.0 Å². The standard InChI is InChI=1S/C20H19F3N2O7S/c1-10(2)18(27)17(19(28)20(21,22)23)14-8-12(5-7-16(14)26)24-33(31,32)13-6-4-11(3)15(9-13)25(29)30/h4-10,17,24,26H,1-3H3. The Hall–Kier alpha value is -3.48. The van der Waals surface area contributed by atoms with Crippen LogP contribution >= 0.6 is 0 Å². The quantitative estimate of drug-likeness (QED) is 0.249. The Bertz CT molecular complexity index is 1220. The number of aryl methyl sites for hydroxylation is 1. The van der Waals surface area contributed by atoms with Crippen LogP contribution in [0.1, 0.15) is 30.9 Å². The number of hydrogen-bond donors (Lipinski definition) is 2. The summed E-state index contributed by atoms with van der Waals surface area (Å²) in [6, 6.07) is 5.66. The number of alkyl halides is 3. The molecule has 0 spiro atoms. The predicted octanol–water partition coefficient (Wildman–Crippen LogP) is 3.85. The zero-order valence-electron chi connectivity index (χ0n) is 17.5. The summed E-state index contributed by atoms with van der Waals surface area (Å²) in [5.41, 5.74) is -1.37. The topological polar surface area (TPSA) is 144 Å². The summed E-state index contributed by atoms with van der Waals surface area (Å²) in [5, 5.41) is 21.2. The summed E-state index contributed by atoms with van der Waals surface area (Å²) in [6.07, 6.45) is -5.39. The summed E-state index contributed by atoms with van der Waals surface area (Å²) >= 11 is 0. The molecular formula is C20H19F3N2O7S. The van der Waals surface area contributed by atoms with E-state index in [1.54, 1.807) is 0 Å². The van der Waals surface area contributed by atoms with Crippen LogP contribution in [0.15, 0.2) is 41.3 Å². The number of Topliss-reactive ketones (excluding diaryl/α,β-unsaturated/α-hetero) is 2. The molecule has 0 radical (unpaired) electrons.